The van der Waals surface area contributed by atoms with Gasteiger partial charge in [0.15, 0.2) is 0 Å². The molecule has 0 N–H and O–H groups in total. The third-order valence-corrected chi connectivity index (χ3v) is 5.30. The molecule has 0 aliphatic carbocycles. The van der Waals surface area contributed by atoms with E-state index in [1.165, 1.54) is 17.0 Å². The second-order valence-electron chi connectivity index (χ2n) is 7.25. The minimum Gasteiger partial charge on any atom is -0.494 e. The summed E-state index contributed by atoms with van der Waals surface area (Å²) < 4.78 is 7.80. The molecule has 0 amide bonds. The van der Waals surface area contributed by atoms with Gasteiger partial charge in [0.1, 0.15) is 5.75 Å². The standard InChI is InChI=1S/C25H30N2O/c1-6-18(3)21-8-10-23(11-9-21)26-17-22-16-19(4)27(20(22)5)24-12-14-25(15-13-24)28-7-2/h8-18H,6-7H2,1-5H3/t18-/m0/s1. The molecule has 28 heavy (non-hydrogen) atoms. The normalized spacial score (nSPS) is 12.5. The number of nitrogens with zero attached hydrogens (tertiary/aromatic N) is 2. The fourth-order valence-electron chi connectivity index (χ4n) is 3.44. The van der Waals surface area contributed by atoms with E-state index >= 15 is 0 Å². The maximum Gasteiger partial charge on any atom is 0.119 e. The van der Waals surface area contributed by atoms with Gasteiger partial charge in [-0.05, 0) is 81.1 Å². The van der Waals surface area contributed by atoms with E-state index in [2.05, 4.69) is 74.7 Å². The maximum absolute atomic E-state index is 5.55. The van der Waals surface area contributed by atoms with Crippen molar-refractivity contribution in [3.63, 3.8) is 0 Å². The molecule has 0 spiro atoms. The molecule has 0 bridgehead atoms. The Bertz CT molecular complexity index is 934. The van der Waals surface area contributed by atoms with Crippen LogP contribution in [0.4, 0.5) is 5.69 Å². The highest BCUT2D eigenvalue weighted by Gasteiger charge is 2.10. The van der Waals surface area contributed by atoms with E-state index in [-0.39, 0.29) is 0 Å². The highest BCUT2D eigenvalue weighted by atomic mass is 16.5. The molecular formula is C25H30N2O. The van der Waals surface area contributed by atoms with Crippen LogP contribution in [0.5, 0.6) is 5.75 Å². The summed E-state index contributed by atoms with van der Waals surface area (Å²) in [6.07, 6.45) is 3.12. The lowest BCUT2D eigenvalue weighted by Crippen LogP contribution is -2.00. The number of ether oxygens (including phenoxy) is 1. The van der Waals surface area contributed by atoms with Gasteiger partial charge in [0.2, 0.25) is 0 Å². The number of aromatic nitrogens is 1. The average molecular weight is 375 g/mol. The molecule has 3 heteroatoms. The smallest absolute Gasteiger partial charge is 0.119 e. The second-order valence-corrected chi connectivity index (χ2v) is 7.25. The van der Waals surface area contributed by atoms with Crippen molar-refractivity contribution >= 4 is 11.9 Å². The molecule has 2 aromatic carbocycles. The first-order chi connectivity index (χ1) is 13.5. The predicted molar refractivity (Wildman–Crippen MR) is 119 cm³/mol. The van der Waals surface area contributed by atoms with Crippen LogP contribution in [0.25, 0.3) is 5.69 Å². The van der Waals surface area contributed by atoms with Gasteiger partial charge in [-0.1, -0.05) is 26.0 Å². The minimum atomic E-state index is 0.589. The summed E-state index contributed by atoms with van der Waals surface area (Å²) in [6.45, 7) is 11.4. The van der Waals surface area contributed by atoms with E-state index in [9.17, 15) is 0 Å². The molecule has 0 radical (unpaired) electrons. The van der Waals surface area contributed by atoms with Crippen molar-refractivity contribution in [1.29, 1.82) is 0 Å². The van der Waals surface area contributed by atoms with Crippen LogP contribution in [0.3, 0.4) is 0 Å². The molecular weight excluding hydrogens is 344 g/mol. The summed E-state index contributed by atoms with van der Waals surface area (Å²) in [6, 6.07) is 19.0. The maximum atomic E-state index is 5.55. The number of aliphatic imine (C=N–C) groups is 1. The molecule has 0 saturated heterocycles. The van der Waals surface area contributed by atoms with E-state index in [1.807, 2.05) is 25.3 Å². The largest absolute Gasteiger partial charge is 0.494 e. The fraction of sp³-hybridized carbons (Fsp3) is 0.320. The van der Waals surface area contributed by atoms with Gasteiger partial charge in [-0.15, -0.1) is 0 Å². The molecule has 3 nitrogen and oxygen atoms in total. The Kier molecular flexibility index (Phi) is 6.35. The van der Waals surface area contributed by atoms with E-state index in [4.69, 9.17) is 9.73 Å². The van der Waals surface area contributed by atoms with E-state index in [1.54, 1.807) is 0 Å². The molecule has 1 heterocycles. The molecule has 3 aromatic rings. The zero-order valence-electron chi connectivity index (χ0n) is 17.6. The Morgan fingerprint density at radius 2 is 1.68 bits per heavy atom. The quantitative estimate of drug-likeness (QED) is 0.420. The monoisotopic (exact) mass is 374 g/mol. The number of hydrogen-bond acceptors (Lipinski definition) is 2. The van der Waals surface area contributed by atoms with Crippen molar-refractivity contribution in [2.24, 2.45) is 4.99 Å². The molecule has 1 atom stereocenters. The summed E-state index contributed by atoms with van der Waals surface area (Å²) in [5, 5.41) is 0. The van der Waals surface area contributed by atoms with Gasteiger partial charge in [0.05, 0.1) is 12.3 Å². The second kappa shape index (κ2) is 8.92. The lowest BCUT2D eigenvalue weighted by molar-refractivity contribution is 0.340. The summed E-state index contributed by atoms with van der Waals surface area (Å²) in [5.41, 5.74) is 7.00. The lowest BCUT2D eigenvalue weighted by atomic mass is 9.99. The van der Waals surface area contributed by atoms with Crippen LogP contribution in [-0.2, 0) is 0 Å². The third kappa shape index (κ3) is 4.36. The highest BCUT2D eigenvalue weighted by Crippen LogP contribution is 2.24. The summed E-state index contributed by atoms with van der Waals surface area (Å²) in [7, 11) is 0. The van der Waals surface area contributed by atoms with Gasteiger partial charge in [-0.25, -0.2) is 0 Å². The molecule has 0 unspecified atom stereocenters. The third-order valence-electron chi connectivity index (χ3n) is 5.30. The van der Waals surface area contributed by atoms with Crippen LogP contribution < -0.4 is 4.74 Å². The fourth-order valence-corrected chi connectivity index (χ4v) is 3.44. The van der Waals surface area contributed by atoms with Gasteiger partial charge in [-0.2, -0.15) is 0 Å². The zero-order chi connectivity index (χ0) is 20.1. The predicted octanol–water partition coefficient (Wildman–Crippen LogP) is 6.76. The molecule has 0 saturated carbocycles. The molecule has 1 aromatic heterocycles. The SMILES string of the molecule is CCOc1ccc(-n2c(C)cc(C=Nc3ccc([C@@H](C)CC)cc3)c2C)cc1. The summed E-state index contributed by atoms with van der Waals surface area (Å²) in [4.78, 5) is 4.69. The first-order valence-electron chi connectivity index (χ1n) is 10.1. The van der Waals surface area contributed by atoms with Crippen molar-refractivity contribution in [2.75, 3.05) is 6.61 Å². The van der Waals surface area contributed by atoms with Crippen molar-refractivity contribution in [3.8, 4) is 11.4 Å². The van der Waals surface area contributed by atoms with Crippen LogP contribution in [0.15, 0.2) is 59.6 Å². The van der Waals surface area contributed by atoms with Crippen molar-refractivity contribution < 1.29 is 4.74 Å². The number of benzene rings is 2. The molecule has 0 fully saturated rings. The lowest BCUT2D eigenvalue weighted by Gasteiger charge is -2.11. The minimum absolute atomic E-state index is 0.589. The van der Waals surface area contributed by atoms with Gasteiger partial charge < -0.3 is 9.30 Å². The summed E-state index contributed by atoms with van der Waals surface area (Å²) in [5.74, 6) is 1.49. The van der Waals surface area contributed by atoms with Crippen LogP contribution in [-0.4, -0.2) is 17.4 Å². The van der Waals surface area contributed by atoms with Crippen molar-refractivity contribution in [2.45, 2.75) is 47.0 Å². The highest BCUT2D eigenvalue weighted by molar-refractivity contribution is 5.84. The van der Waals surface area contributed by atoms with Crippen molar-refractivity contribution in [1.82, 2.24) is 4.57 Å². The van der Waals surface area contributed by atoms with Crippen LogP contribution in [0, 0.1) is 13.8 Å². The van der Waals surface area contributed by atoms with Gasteiger partial charge in [0, 0.05) is 28.9 Å². The van der Waals surface area contributed by atoms with E-state index in [0.717, 1.165) is 29.1 Å². The zero-order valence-corrected chi connectivity index (χ0v) is 17.6. The Morgan fingerprint density at radius 3 is 2.29 bits per heavy atom. The average Bonchev–Trinajstić information content (AvgIpc) is 3.00. The Morgan fingerprint density at radius 1 is 1.00 bits per heavy atom. The topological polar surface area (TPSA) is 26.5 Å². The van der Waals surface area contributed by atoms with Gasteiger partial charge in [0.25, 0.3) is 0 Å². The molecule has 146 valence electrons. The van der Waals surface area contributed by atoms with Crippen molar-refractivity contribution in [3.05, 3.63) is 77.1 Å². The van der Waals surface area contributed by atoms with E-state index in [0.29, 0.717) is 12.5 Å². The molecule has 3 rings (SSSR count). The van der Waals surface area contributed by atoms with Crippen LogP contribution in [0.1, 0.15) is 55.6 Å². The number of aryl methyl sites for hydroxylation is 1. The molecule has 0 aliphatic rings. The Balaban J connectivity index is 1.82. The molecule has 0 aliphatic heterocycles. The first kappa shape index (κ1) is 19.9. The van der Waals surface area contributed by atoms with Crippen LogP contribution in [0.2, 0.25) is 0 Å². The number of hydrogen-bond donors (Lipinski definition) is 0. The number of rotatable bonds is 7. The van der Waals surface area contributed by atoms with Gasteiger partial charge in [-0.3, -0.25) is 4.99 Å². The Labute approximate surface area is 168 Å². The van der Waals surface area contributed by atoms with Gasteiger partial charge >= 0.3 is 0 Å². The van der Waals surface area contributed by atoms with Crippen LogP contribution >= 0.6 is 0 Å². The van der Waals surface area contributed by atoms with E-state index < -0.39 is 0 Å². The summed E-state index contributed by atoms with van der Waals surface area (Å²) >= 11 is 0. The Hall–Kier alpha value is -2.81. The first-order valence-corrected chi connectivity index (χ1v) is 10.1.